The number of aliphatic carboxylic acids is 1. The number of nitrogens with zero attached hydrogens (tertiary/aromatic N) is 1. The number of rotatable bonds is 3. The average molecular weight is 463 g/mol. The van der Waals surface area contributed by atoms with Crippen molar-refractivity contribution in [2.24, 2.45) is 5.92 Å². The predicted molar refractivity (Wildman–Crippen MR) is 87.3 cm³/mol. The number of carbonyl (C=O) groups excluding carboxylic acids is 1. The quantitative estimate of drug-likeness (QED) is 0.601. The van der Waals surface area contributed by atoms with Gasteiger partial charge in [-0.2, -0.15) is 35.1 Å². The fourth-order valence-corrected chi connectivity index (χ4v) is 2.49. The minimum absolute atomic E-state index is 0.0255. The number of halogens is 8. The molecular weight excluding hydrogens is 450 g/mol. The van der Waals surface area contributed by atoms with Gasteiger partial charge in [-0.05, 0) is 31.2 Å². The van der Waals surface area contributed by atoms with Crippen LogP contribution in [0.5, 0.6) is 0 Å². The molecule has 1 fully saturated rings. The van der Waals surface area contributed by atoms with Crippen LogP contribution in [0.15, 0.2) is 22.6 Å². The van der Waals surface area contributed by atoms with Gasteiger partial charge < -0.3 is 20.2 Å². The molecule has 1 atom stereocenters. The highest BCUT2D eigenvalue weighted by Gasteiger charge is 2.48. The van der Waals surface area contributed by atoms with E-state index in [0.717, 1.165) is 12.1 Å². The normalized spacial score (nSPS) is 17.2. The minimum Gasteiger partial charge on any atom is -0.475 e. The number of carboxylic acid groups (broad SMARTS) is 1. The van der Waals surface area contributed by atoms with Gasteiger partial charge in [-0.15, -0.1) is 0 Å². The van der Waals surface area contributed by atoms with Gasteiger partial charge in [0.1, 0.15) is 5.52 Å². The van der Waals surface area contributed by atoms with Crippen LogP contribution >= 0.6 is 0 Å². The van der Waals surface area contributed by atoms with Gasteiger partial charge in [-0.25, -0.2) is 9.78 Å². The molecule has 7 nitrogen and oxygen atoms in total. The Hall–Kier alpha value is -2.97. The maximum absolute atomic E-state index is 14.0. The van der Waals surface area contributed by atoms with E-state index in [2.05, 4.69) is 14.7 Å². The van der Waals surface area contributed by atoms with Crippen LogP contribution in [0, 0.1) is 5.92 Å². The molecule has 0 saturated carbocycles. The van der Waals surface area contributed by atoms with E-state index in [1.807, 2.05) is 5.32 Å². The lowest BCUT2D eigenvalue weighted by Gasteiger charge is -2.21. The van der Waals surface area contributed by atoms with Crippen molar-refractivity contribution in [3.05, 3.63) is 24.1 Å². The van der Waals surface area contributed by atoms with Crippen molar-refractivity contribution in [3.63, 3.8) is 0 Å². The van der Waals surface area contributed by atoms with Gasteiger partial charge in [0.2, 0.25) is 0 Å². The lowest BCUT2D eigenvalue weighted by Crippen LogP contribution is -2.42. The second-order valence-electron chi connectivity index (χ2n) is 6.27. The summed E-state index contributed by atoms with van der Waals surface area (Å²) in [7, 11) is 0. The van der Waals surface area contributed by atoms with E-state index < -0.39 is 42.0 Å². The predicted octanol–water partition coefficient (Wildman–Crippen LogP) is 3.66. The Bertz CT molecular complexity index is 948. The molecule has 0 radical (unpaired) electrons. The number of amides is 1. The van der Waals surface area contributed by atoms with E-state index in [1.54, 1.807) is 0 Å². The second kappa shape index (κ2) is 8.64. The number of carbonyl (C=O) groups is 2. The van der Waals surface area contributed by atoms with E-state index in [1.165, 1.54) is 6.07 Å². The number of anilines is 1. The highest BCUT2D eigenvalue weighted by atomic mass is 19.4. The van der Waals surface area contributed by atoms with Crippen LogP contribution in [0.25, 0.3) is 11.1 Å². The molecule has 2 aromatic rings. The first-order chi connectivity index (χ1) is 14.1. The summed E-state index contributed by atoms with van der Waals surface area (Å²) in [5.74, 6) is -10.4. The van der Waals surface area contributed by atoms with Crippen LogP contribution in [0.4, 0.5) is 40.8 Å². The number of hydrogen-bond acceptors (Lipinski definition) is 5. The average Bonchev–Trinajstić information content (AvgIpc) is 3.30. The lowest BCUT2D eigenvalue weighted by molar-refractivity contribution is -0.192. The molecule has 1 saturated heterocycles. The van der Waals surface area contributed by atoms with Crippen molar-refractivity contribution < 1.29 is 54.2 Å². The highest BCUT2D eigenvalue weighted by molar-refractivity contribution is 5.97. The topological polar surface area (TPSA) is 104 Å². The van der Waals surface area contributed by atoms with Crippen LogP contribution in [0.3, 0.4) is 0 Å². The van der Waals surface area contributed by atoms with Crippen molar-refractivity contribution in [1.82, 2.24) is 10.3 Å². The Morgan fingerprint density at radius 3 is 2.23 bits per heavy atom. The van der Waals surface area contributed by atoms with Crippen molar-refractivity contribution >= 4 is 28.7 Å². The third kappa shape index (κ3) is 6.02. The number of fused-ring (bicyclic) bond motifs is 1. The Morgan fingerprint density at radius 1 is 1.13 bits per heavy atom. The number of alkyl halides is 8. The van der Waals surface area contributed by atoms with Crippen LogP contribution in [0.1, 0.15) is 12.3 Å². The molecule has 3 N–H and O–H groups in total. The summed E-state index contributed by atoms with van der Waals surface area (Å²) in [6.07, 6.45) is -9.68. The summed E-state index contributed by atoms with van der Waals surface area (Å²) in [5.41, 5.74) is -0.432. The molecule has 15 heteroatoms. The molecule has 172 valence electrons. The first-order valence-electron chi connectivity index (χ1n) is 8.30. The number of carboxylic acids is 1. The summed E-state index contributed by atoms with van der Waals surface area (Å²) in [6, 6.07) is 3.35. The summed E-state index contributed by atoms with van der Waals surface area (Å²) >= 11 is 0. The first kappa shape index (κ1) is 24.3. The smallest absolute Gasteiger partial charge is 0.475 e. The van der Waals surface area contributed by atoms with Crippen molar-refractivity contribution in [2.45, 2.75) is 24.7 Å². The molecule has 2 heterocycles. The molecule has 31 heavy (non-hydrogen) atoms. The molecule has 1 aliphatic heterocycles. The molecule has 0 bridgehead atoms. The first-order valence-corrected chi connectivity index (χ1v) is 8.30. The lowest BCUT2D eigenvalue weighted by atomic mass is 10.00. The molecule has 1 amide bonds. The van der Waals surface area contributed by atoms with Gasteiger partial charge in [0.25, 0.3) is 5.91 Å². The van der Waals surface area contributed by atoms with Gasteiger partial charge in [-0.1, -0.05) is 0 Å². The zero-order chi connectivity index (χ0) is 23.6. The third-order valence-electron chi connectivity index (χ3n) is 4.01. The standard InChI is InChI=1S/C14H12F5N3O2.C2HF3O2/c15-13(16,7-3-4-20-6-7)11(23)21-8-1-2-10-9(5-8)22-12(24-10)14(17,18)19;3-2(4,5)1(6)7/h1-2,5,7,20H,3-4,6H2,(H,21,23);(H,6,7). The molecule has 0 aliphatic carbocycles. The van der Waals surface area contributed by atoms with Crippen molar-refractivity contribution in [1.29, 1.82) is 0 Å². The summed E-state index contributed by atoms with van der Waals surface area (Å²) in [5, 5.41) is 11.9. The van der Waals surface area contributed by atoms with Gasteiger partial charge >= 0.3 is 30.1 Å². The summed E-state index contributed by atoms with van der Waals surface area (Å²) in [4.78, 5) is 24.0. The van der Waals surface area contributed by atoms with Gasteiger partial charge in [-0.3, -0.25) is 4.79 Å². The number of aromatic nitrogens is 1. The number of nitrogens with one attached hydrogen (secondary N) is 2. The van der Waals surface area contributed by atoms with E-state index in [9.17, 15) is 39.9 Å². The van der Waals surface area contributed by atoms with Crippen LogP contribution < -0.4 is 10.6 Å². The zero-order valence-electron chi connectivity index (χ0n) is 15.1. The highest BCUT2D eigenvalue weighted by Crippen LogP contribution is 2.33. The Morgan fingerprint density at radius 2 is 1.74 bits per heavy atom. The largest absolute Gasteiger partial charge is 0.490 e. The SMILES string of the molecule is O=C(Nc1ccc2oc(C(F)(F)F)nc2c1)C(F)(F)C1CCNC1.O=C(O)C(F)(F)F. The fourth-order valence-electron chi connectivity index (χ4n) is 2.49. The maximum atomic E-state index is 14.0. The molecule has 3 rings (SSSR count). The second-order valence-corrected chi connectivity index (χ2v) is 6.27. The third-order valence-corrected chi connectivity index (χ3v) is 4.01. The van der Waals surface area contributed by atoms with Gasteiger partial charge in [0, 0.05) is 18.2 Å². The number of oxazole rings is 1. The monoisotopic (exact) mass is 463 g/mol. The van der Waals surface area contributed by atoms with Crippen LogP contribution in [-0.4, -0.2) is 47.2 Å². The zero-order valence-corrected chi connectivity index (χ0v) is 15.1. The fraction of sp³-hybridized carbons (Fsp3) is 0.438. The van der Waals surface area contributed by atoms with E-state index in [0.29, 0.717) is 6.54 Å². The van der Waals surface area contributed by atoms with Crippen LogP contribution in [-0.2, 0) is 15.8 Å². The Labute approximate surface area is 167 Å². The van der Waals surface area contributed by atoms with E-state index in [-0.39, 0.29) is 29.8 Å². The van der Waals surface area contributed by atoms with Crippen molar-refractivity contribution in [3.8, 4) is 0 Å². The summed E-state index contributed by atoms with van der Waals surface area (Å²) < 4.78 is 102. The van der Waals surface area contributed by atoms with Crippen molar-refractivity contribution in [2.75, 3.05) is 18.4 Å². The number of benzene rings is 1. The molecular formula is C16H13F8N3O4. The number of hydrogen-bond donors (Lipinski definition) is 3. The van der Waals surface area contributed by atoms with E-state index >= 15 is 0 Å². The molecule has 1 aromatic carbocycles. The Balaban J connectivity index is 0.000000423. The van der Waals surface area contributed by atoms with Crippen LogP contribution in [0.2, 0.25) is 0 Å². The van der Waals surface area contributed by atoms with Gasteiger partial charge in [0.15, 0.2) is 5.58 Å². The molecule has 1 unspecified atom stereocenters. The maximum Gasteiger partial charge on any atom is 0.490 e. The van der Waals surface area contributed by atoms with Gasteiger partial charge in [0.05, 0.1) is 0 Å². The summed E-state index contributed by atoms with van der Waals surface area (Å²) in [6.45, 7) is 0.427. The molecule has 1 aliphatic rings. The minimum atomic E-state index is -5.08. The Kier molecular flexibility index (Phi) is 6.78. The molecule has 0 spiro atoms. The molecule has 1 aromatic heterocycles. The van der Waals surface area contributed by atoms with E-state index in [4.69, 9.17) is 9.90 Å².